The summed E-state index contributed by atoms with van der Waals surface area (Å²) in [6.07, 6.45) is 3.54. The van der Waals surface area contributed by atoms with Gasteiger partial charge in [0.05, 0.1) is 16.7 Å². The molecule has 0 aliphatic heterocycles. The van der Waals surface area contributed by atoms with Gasteiger partial charge in [-0.15, -0.1) is 6.58 Å². The van der Waals surface area contributed by atoms with Gasteiger partial charge in [-0.3, -0.25) is 9.69 Å². The van der Waals surface area contributed by atoms with Crippen LogP contribution in [0.25, 0.3) is 21.8 Å². The molecule has 1 heterocycles. The fourth-order valence-corrected chi connectivity index (χ4v) is 2.99. The third kappa shape index (κ3) is 2.46. The van der Waals surface area contributed by atoms with E-state index in [0.717, 1.165) is 27.5 Å². The van der Waals surface area contributed by atoms with Crippen molar-refractivity contribution in [2.45, 2.75) is 0 Å². The first-order chi connectivity index (χ1) is 10.8. The molecule has 3 rings (SSSR count). The van der Waals surface area contributed by atoms with Crippen LogP contribution < -0.4 is 4.90 Å². The molecule has 3 aromatic rings. The molecule has 0 unspecified atom stereocenters. The molecule has 0 bridgehead atoms. The van der Waals surface area contributed by atoms with Gasteiger partial charge in [0.1, 0.15) is 0 Å². The lowest BCUT2D eigenvalue weighted by Gasteiger charge is -2.23. The van der Waals surface area contributed by atoms with Gasteiger partial charge in [-0.25, -0.2) is 4.98 Å². The molecule has 0 fully saturated rings. The Morgan fingerprint density at radius 3 is 2.18 bits per heavy atom. The molecule has 1 amide bonds. The number of nitrogens with zero attached hydrogens (tertiary/aromatic N) is 2. The monoisotopic (exact) mass is 308 g/mol. The highest BCUT2D eigenvalue weighted by Gasteiger charge is 2.19. The fraction of sp³-hybridized carbons (Fsp3) is 0.111. The Labute approximate surface area is 133 Å². The molecule has 0 spiro atoms. The van der Waals surface area contributed by atoms with Gasteiger partial charge in [0.25, 0.3) is 5.24 Å². The van der Waals surface area contributed by atoms with E-state index in [9.17, 15) is 4.79 Å². The molecule has 3 nitrogen and oxygen atoms in total. The number of amides is 1. The van der Waals surface area contributed by atoms with Crippen molar-refractivity contribution in [2.75, 3.05) is 17.7 Å². The zero-order valence-corrected chi connectivity index (χ0v) is 13.1. The summed E-state index contributed by atoms with van der Waals surface area (Å²) in [4.78, 5) is 18.9. The maximum Gasteiger partial charge on any atom is 0.286 e. The summed E-state index contributed by atoms with van der Waals surface area (Å²) in [6, 6.07) is 15.8. The first kappa shape index (κ1) is 14.6. The zero-order valence-electron chi connectivity index (χ0n) is 12.3. The molecule has 0 atom stereocenters. The van der Waals surface area contributed by atoms with Crippen LogP contribution in [0.5, 0.6) is 0 Å². The topological polar surface area (TPSA) is 33.2 Å². The molecule has 0 saturated carbocycles. The minimum absolute atomic E-state index is 0.00130. The molecule has 1 aromatic heterocycles. The number of thioether (sulfide) groups is 1. The van der Waals surface area contributed by atoms with Crippen molar-refractivity contribution in [1.29, 1.82) is 0 Å². The van der Waals surface area contributed by atoms with Crippen molar-refractivity contribution in [3.05, 3.63) is 61.2 Å². The fourth-order valence-electron chi connectivity index (χ4n) is 2.60. The highest BCUT2D eigenvalue weighted by molar-refractivity contribution is 8.13. The number of benzene rings is 2. The van der Waals surface area contributed by atoms with Gasteiger partial charge in [-0.05, 0) is 18.4 Å². The van der Waals surface area contributed by atoms with Crippen LogP contribution in [0.1, 0.15) is 0 Å². The summed E-state index contributed by atoms with van der Waals surface area (Å²) in [5.74, 6) is 0. The quantitative estimate of drug-likeness (QED) is 0.511. The average molecular weight is 308 g/mol. The summed E-state index contributed by atoms with van der Waals surface area (Å²) in [6.45, 7) is 4.25. The van der Waals surface area contributed by atoms with Crippen LogP contribution >= 0.6 is 11.8 Å². The molecule has 0 aliphatic rings. The molecule has 0 saturated heterocycles. The summed E-state index contributed by atoms with van der Waals surface area (Å²) >= 11 is 1.20. The molecular formula is C18H16N2OS. The maximum atomic E-state index is 12.4. The highest BCUT2D eigenvalue weighted by atomic mass is 32.2. The van der Waals surface area contributed by atoms with E-state index in [2.05, 4.69) is 6.58 Å². The van der Waals surface area contributed by atoms with Crippen LogP contribution in [0.15, 0.2) is 61.2 Å². The largest absolute Gasteiger partial charge is 0.298 e. The number of para-hydroxylation sites is 2. The zero-order chi connectivity index (χ0) is 15.5. The van der Waals surface area contributed by atoms with Crippen LogP contribution in [-0.2, 0) is 0 Å². The molecule has 2 aromatic carbocycles. The third-order valence-electron chi connectivity index (χ3n) is 3.54. The van der Waals surface area contributed by atoms with E-state index < -0.39 is 0 Å². The predicted octanol–water partition coefficient (Wildman–Crippen LogP) is 4.86. The van der Waals surface area contributed by atoms with Crippen LogP contribution in [0, 0.1) is 0 Å². The normalized spacial score (nSPS) is 10.8. The predicted molar refractivity (Wildman–Crippen MR) is 95.7 cm³/mol. The highest BCUT2D eigenvalue weighted by Crippen LogP contribution is 2.34. The van der Waals surface area contributed by atoms with Crippen molar-refractivity contribution >= 4 is 44.5 Å². The van der Waals surface area contributed by atoms with Gasteiger partial charge in [-0.2, -0.15) is 0 Å². The third-order valence-corrected chi connectivity index (χ3v) is 4.11. The summed E-state index contributed by atoms with van der Waals surface area (Å²) in [5, 5.41) is 1.96. The lowest BCUT2D eigenvalue weighted by Crippen LogP contribution is -2.27. The van der Waals surface area contributed by atoms with Crippen molar-refractivity contribution in [1.82, 2.24) is 4.98 Å². The van der Waals surface area contributed by atoms with Crippen molar-refractivity contribution in [3.63, 3.8) is 0 Å². The van der Waals surface area contributed by atoms with Crippen LogP contribution in [0.3, 0.4) is 0 Å². The first-order valence-electron chi connectivity index (χ1n) is 7.00. The van der Waals surface area contributed by atoms with Gasteiger partial charge in [0, 0.05) is 17.3 Å². The summed E-state index contributed by atoms with van der Waals surface area (Å²) in [5.41, 5.74) is 2.68. The number of fused-ring (bicyclic) bond motifs is 2. The Balaban J connectivity index is 2.40. The lowest BCUT2D eigenvalue weighted by molar-refractivity contribution is 0.265. The molecular weight excluding hydrogens is 292 g/mol. The Kier molecular flexibility index (Phi) is 4.11. The molecule has 0 radical (unpaired) electrons. The average Bonchev–Trinajstić information content (AvgIpc) is 2.57. The van der Waals surface area contributed by atoms with E-state index in [0.29, 0.717) is 6.54 Å². The molecule has 22 heavy (non-hydrogen) atoms. The Bertz CT molecular complexity index is 806. The minimum Gasteiger partial charge on any atom is -0.298 e. The maximum absolute atomic E-state index is 12.4. The van der Waals surface area contributed by atoms with E-state index in [4.69, 9.17) is 4.98 Å². The number of anilines is 1. The van der Waals surface area contributed by atoms with E-state index in [1.165, 1.54) is 11.8 Å². The van der Waals surface area contributed by atoms with Gasteiger partial charge in [-0.1, -0.05) is 54.2 Å². The Hall–Kier alpha value is -2.33. The number of rotatable bonds is 3. The second-order valence-electron chi connectivity index (χ2n) is 4.86. The van der Waals surface area contributed by atoms with Crippen LogP contribution in [0.2, 0.25) is 0 Å². The second-order valence-corrected chi connectivity index (χ2v) is 5.62. The van der Waals surface area contributed by atoms with Crippen LogP contribution in [-0.4, -0.2) is 23.0 Å². The van der Waals surface area contributed by atoms with Gasteiger partial charge >= 0.3 is 0 Å². The Morgan fingerprint density at radius 2 is 1.68 bits per heavy atom. The van der Waals surface area contributed by atoms with Gasteiger partial charge < -0.3 is 0 Å². The number of hydrogen-bond donors (Lipinski definition) is 0. The van der Waals surface area contributed by atoms with Gasteiger partial charge in [0.15, 0.2) is 0 Å². The van der Waals surface area contributed by atoms with Gasteiger partial charge in [0.2, 0.25) is 0 Å². The first-order valence-corrected chi connectivity index (χ1v) is 8.22. The molecule has 4 heteroatoms. The van der Waals surface area contributed by atoms with E-state index >= 15 is 0 Å². The minimum atomic E-state index is 0.00130. The summed E-state index contributed by atoms with van der Waals surface area (Å²) < 4.78 is 0. The molecule has 0 N–H and O–H groups in total. The van der Waals surface area contributed by atoms with Crippen molar-refractivity contribution in [2.24, 2.45) is 0 Å². The molecule has 110 valence electrons. The Morgan fingerprint density at radius 1 is 1.14 bits per heavy atom. The smallest absolute Gasteiger partial charge is 0.286 e. The SMILES string of the molecule is C=CCN(C(=O)SC)c1c2ccccc2nc2ccccc12. The molecule has 0 aliphatic carbocycles. The van der Waals surface area contributed by atoms with E-state index in [-0.39, 0.29) is 5.24 Å². The number of hydrogen-bond acceptors (Lipinski definition) is 3. The standard InChI is InChI=1S/C18H16N2OS/c1-3-12-20(18(21)22-2)17-13-8-4-6-10-15(13)19-16-11-7-5-9-14(16)17/h3-11H,1,12H2,2H3. The van der Waals surface area contributed by atoms with E-state index in [1.54, 1.807) is 17.2 Å². The lowest BCUT2D eigenvalue weighted by atomic mass is 10.1. The number of pyridine rings is 1. The number of carbonyl (C=O) groups excluding carboxylic acids is 1. The van der Waals surface area contributed by atoms with E-state index in [1.807, 2.05) is 48.5 Å². The van der Waals surface area contributed by atoms with Crippen LogP contribution in [0.4, 0.5) is 10.5 Å². The van der Waals surface area contributed by atoms with Crippen molar-refractivity contribution < 1.29 is 4.79 Å². The number of carbonyl (C=O) groups is 1. The summed E-state index contributed by atoms with van der Waals surface area (Å²) in [7, 11) is 0. The number of aromatic nitrogens is 1. The van der Waals surface area contributed by atoms with Crippen molar-refractivity contribution in [3.8, 4) is 0 Å². The second kappa shape index (κ2) is 6.20.